The summed E-state index contributed by atoms with van der Waals surface area (Å²) in [5.74, 6) is 0. The molecule has 0 unspecified atom stereocenters. The van der Waals surface area contributed by atoms with Gasteiger partial charge >= 0.3 is 0 Å². The minimum Gasteiger partial charge on any atom is -0.375 e. The maximum atomic E-state index is 8.35. The Morgan fingerprint density at radius 2 is 2.43 bits per heavy atom. The van der Waals surface area contributed by atoms with E-state index in [1.54, 1.807) is 0 Å². The molecule has 14 heavy (non-hydrogen) atoms. The standard InChI is InChI=1S/C9H15N3OS/c1-8(2)6-13-5-4-11-9(14-3)12-7-10/h1,4-6H2,2-3H3,(H,11,12). The molecule has 0 amide bonds. The summed E-state index contributed by atoms with van der Waals surface area (Å²) < 4.78 is 5.24. The second-order valence-electron chi connectivity index (χ2n) is 2.64. The topological polar surface area (TPSA) is 57.4 Å². The highest BCUT2D eigenvalue weighted by Crippen LogP contribution is 1.94. The largest absolute Gasteiger partial charge is 0.375 e. The molecule has 0 aromatic heterocycles. The van der Waals surface area contributed by atoms with Crippen LogP contribution in [-0.2, 0) is 4.74 Å². The van der Waals surface area contributed by atoms with Gasteiger partial charge in [-0.2, -0.15) is 5.26 Å². The molecule has 0 spiro atoms. The number of hydrogen-bond acceptors (Lipinski definition) is 4. The van der Waals surface area contributed by atoms with Crippen molar-refractivity contribution in [3.8, 4) is 6.19 Å². The highest BCUT2D eigenvalue weighted by Gasteiger charge is 1.93. The van der Waals surface area contributed by atoms with Crippen LogP contribution < -0.4 is 5.32 Å². The molecule has 0 saturated carbocycles. The number of nitrogens with zero attached hydrogens (tertiary/aromatic N) is 2. The van der Waals surface area contributed by atoms with E-state index in [9.17, 15) is 0 Å². The first-order valence-electron chi connectivity index (χ1n) is 4.16. The first kappa shape index (κ1) is 13.0. The van der Waals surface area contributed by atoms with Crippen LogP contribution in [0, 0.1) is 11.5 Å². The lowest BCUT2D eigenvalue weighted by Crippen LogP contribution is -2.14. The Labute approximate surface area is 89.0 Å². The van der Waals surface area contributed by atoms with E-state index in [2.05, 4.69) is 16.9 Å². The number of amidine groups is 1. The molecule has 0 aromatic carbocycles. The molecule has 5 heteroatoms. The average molecular weight is 213 g/mol. The van der Waals surface area contributed by atoms with E-state index in [-0.39, 0.29) is 0 Å². The second kappa shape index (κ2) is 8.60. The van der Waals surface area contributed by atoms with E-state index in [0.29, 0.717) is 24.9 Å². The maximum Gasteiger partial charge on any atom is 0.183 e. The van der Waals surface area contributed by atoms with Gasteiger partial charge in [-0.3, -0.25) is 10.3 Å². The molecule has 0 aliphatic carbocycles. The Morgan fingerprint density at radius 3 is 2.93 bits per heavy atom. The summed E-state index contributed by atoms with van der Waals surface area (Å²) in [7, 11) is 0. The molecular weight excluding hydrogens is 198 g/mol. The van der Waals surface area contributed by atoms with Crippen molar-refractivity contribution in [1.82, 2.24) is 5.32 Å². The van der Waals surface area contributed by atoms with Crippen molar-refractivity contribution >= 4 is 16.9 Å². The van der Waals surface area contributed by atoms with Crippen LogP contribution in [-0.4, -0.2) is 31.2 Å². The summed E-state index contributed by atoms with van der Waals surface area (Å²) in [5.41, 5.74) is 0.995. The molecule has 0 bridgehead atoms. The fourth-order valence-electron chi connectivity index (χ4n) is 0.661. The zero-order valence-corrected chi connectivity index (χ0v) is 9.36. The third-order valence-corrected chi connectivity index (χ3v) is 1.81. The van der Waals surface area contributed by atoms with Crippen LogP contribution in [0.25, 0.3) is 0 Å². The molecule has 4 nitrogen and oxygen atoms in total. The van der Waals surface area contributed by atoms with Crippen LogP contribution >= 0.6 is 11.8 Å². The van der Waals surface area contributed by atoms with Crippen LogP contribution in [0.1, 0.15) is 6.92 Å². The van der Waals surface area contributed by atoms with E-state index in [1.807, 2.05) is 19.4 Å². The van der Waals surface area contributed by atoms with E-state index >= 15 is 0 Å². The Morgan fingerprint density at radius 1 is 1.71 bits per heavy atom. The van der Waals surface area contributed by atoms with Gasteiger partial charge in [-0.25, -0.2) is 0 Å². The van der Waals surface area contributed by atoms with Crippen molar-refractivity contribution in [2.75, 3.05) is 26.0 Å². The number of rotatable bonds is 5. The van der Waals surface area contributed by atoms with Gasteiger partial charge in [0, 0.05) is 0 Å². The Balaban J connectivity index is 3.58. The zero-order chi connectivity index (χ0) is 10.8. The Bertz CT molecular complexity index is 245. The second-order valence-corrected chi connectivity index (χ2v) is 3.43. The molecule has 1 N–H and O–H groups in total. The van der Waals surface area contributed by atoms with Gasteiger partial charge in [0.1, 0.15) is 0 Å². The van der Waals surface area contributed by atoms with Crippen molar-refractivity contribution in [2.24, 2.45) is 4.99 Å². The van der Waals surface area contributed by atoms with Gasteiger partial charge in [-0.1, -0.05) is 23.9 Å². The minimum atomic E-state index is 0.546. The number of aliphatic imine (C=N–C) groups is 1. The van der Waals surface area contributed by atoms with Crippen LogP contribution in [0.2, 0.25) is 0 Å². The molecule has 0 atom stereocenters. The van der Waals surface area contributed by atoms with Crippen molar-refractivity contribution in [3.63, 3.8) is 0 Å². The minimum absolute atomic E-state index is 0.546. The summed E-state index contributed by atoms with van der Waals surface area (Å²) in [6, 6.07) is 0. The Hall–Kier alpha value is -0.990. The molecular formula is C9H15N3OS. The molecule has 0 saturated heterocycles. The third-order valence-electron chi connectivity index (χ3n) is 1.20. The molecule has 0 heterocycles. The highest BCUT2D eigenvalue weighted by molar-refractivity contribution is 8.13. The van der Waals surface area contributed by atoms with E-state index in [4.69, 9.17) is 10.00 Å². The molecule has 0 aromatic rings. The van der Waals surface area contributed by atoms with Gasteiger partial charge in [-0.05, 0) is 13.2 Å². The summed E-state index contributed by atoms with van der Waals surface area (Å²) in [4.78, 5) is 4.12. The quantitative estimate of drug-likeness (QED) is 0.187. The summed E-state index contributed by atoms with van der Waals surface area (Å²) >= 11 is 1.40. The lowest BCUT2D eigenvalue weighted by Gasteiger charge is -2.02. The van der Waals surface area contributed by atoms with Gasteiger partial charge in [0.2, 0.25) is 0 Å². The normalized spacial score (nSPS) is 10.8. The average Bonchev–Trinajstić information content (AvgIpc) is 2.15. The van der Waals surface area contributed by atoms with Gasteiger partial charge < -0.3 is 4.74 Å². The van der Waals surface area contributed by atoms with E-state index < -0.39 is 0 Å². The van der Waals surface area contributed by atoms with Crippen molar-refractivity contribution < 1.29 is 4.74 Å². The van der Waals surface area contributed by atoms with Gasteiger partial charge in [0.05, 0.1) is 19.8 Å². The third kappa shape index (κ3) is 7.65. The number of nitriles is 1. The van der Waals surface area contributed by atoms with Gasteiger partial charge in [-0.15, -0.1) is 0 Å². The fraction of sp³-hybridized carbons (Fsp3) is 0.556. The molecule has 0 aliphatic heterocycles. The summed E-state index contributed by atoms with van der Waals surface area (Å²) in [5, 5.41) is 11.4. The van der Waals surface area contributed by atoms with Crippen molar-refractivity contribution in [3.05, 3.63) is 12.2 Å². The lowest BCUT2D eigenvalue weighted by molar-refractivity contribution is 0.165. The SMILES string of the molecule is C=C(C)COCCN=C(NC#N)SC. The molecule has 0 radical (unpaired) electrons. The predicted molar refractivity (Wildman–Crippen MR) is 60.2 cm³/mol. The summed E-state index contributed by atoms with van der Waals surface area (Å²) in [6.07, 6.45) is 3.68. The molecule has 0 rings (SSSR count). The fourth-order valence-corrected chi connectivity index (χ4v) is 1.03. The number of hydrogen-bond donors (Lipinski definition) is 1. The van der Waals surface area contributed by atoms with Crippen LogP contribution in [0.5, 0.6) is 0 Å². The van der Waals surface area contributed by atoms with Gasteiger partial charge in [0.25, 0.3) is 0 Å². The zero-order valence-electron chi connectivity index (χ0n) is 8.54. The first-order valence-corrected chi connectivity index (χ1v) is 5.39. The highest BCUT2D eigenvalue weighted by atomic mass is 32.2. The number of ether oxygens (including phenoxy) is 1. The van der Waals surface area contributed by atoms with Crippen LogP contribution in [0.15, 0.2) is 17.1 Å². The maximum absolute atomic E-state index is 8.35. The van der Waals surface area contributed by atoms with Crippen molar-refractivity contribution in [2.45, 2.75) is 6.92 Å². The van der Waals surface area contributed by atoms with Crippen molar-refractivity contribution in [1.29, 1.82) is 5.26 Å². The first-order chi connectivity index (χ1) is 6.70. The van der Waals surface area contributed by atoms with E-state index in [0.717, 1.165) is 5.57 Å². The number of thioether (sulfide) groups is 1. The lowest BCUT2D eigenvalue weighted by atomic mass is 10.4. The molecule has 0 aliphatic rings. The smallest absolute Gasteiger partial charge is 0.183 e. The van der Waals surface area contributed by atoms with Crippen LogP contribution in [0.4, 0.5) is 0 Å². The van der Waals surface area contributed by atoms with Gasteiger partial charge in [0.15, 0.2) is 11.4 Å². The monoisotopic (exact) mass is 213 g/mol. The number of nitrogens with one attached hydrogen (secondary N) is 1. The molecule has 0 fully saturated rings. The van der Waals surface area contributed by atoms with E-state index in [1.165, 1.54) is 11.8 Å². The summed E-state index contributed by atoms with van der Waals surface area (Å²) in [6.45, 7) is 7.29. The Kier molecular flexibility index (Phi) is 7.99. The molecule has 78 valence electrons. The van der Waals surface area contributed by atoms with Crippen LogP contribution in [0.3, 0.4) is 0 Å². The predicted octanol–water partition coefficient (Wildman–Crippen LogP) is 1.37.